The van der Waals surface area contributed by atoms with Crippen LogP contribution in [0.2, 0.25) is 10.0 Å². The molecule has 5 nitrogen and oxygen atoms in total. The van der Waals surface area contributed by atoms with Crippen LogP contribution in [0.5, 0.6) is 0 Å². The van der Waals surface area contributed by atoms with Gasteiger partial charge in [0.15, 0.2) is 0 Å². The Hall–Kier alpha value is -1.82. The fourth-order valence-electron chi connectivity index (χ4n) is 1.75. The van der Waals surface area contributed by atoms with Crippen LogP contribution in [0.1, 0.15) is 10.4 Å². The number of hydrogen-bond acceptors (Lipinski definition) is 4. The molecule has 1 aromatic heterocycles. The zero-order valence-electron chi connectivity index (χ0n) is 11.9. The van der Waals surface area contributed by atoms with Crippen molar-refractivity contribution in [2.24, 2.45) is 0 Å². The second kappa shape index (κ2) is 7.98. The lowest BCUT2D eigenvalue weighted by Crippen LogP contribution is -2.27. The monoisotopic (exact) mass is 339 g/mol. The van der Waals surface area contributed by atoms with E-state index in [0.717, 1.165) is 0 Å². The quantitative estimate of drug-likeness (QED) is 0.790. The van der Waals surface area contributed by atoms with Crippen LogP contribution in [0.25, 0.3) is 0 Å². The Morgan fingerprint density at radius 2 is 2.09 bits per heavy atom. The minimum atomic E-state index is -0.213. The van der Waals surface area contributed by atoms with Crippen molar-refractivity contribution in [3.05, 3.63) is 52.3 Å². The molecule has 0 aliphatic carbocycles. The maximum atomic E-state index is 12.0. The van der Waals surface area contributed by atoms with Crippen molar-refractivity contribution in [2.75, 3.05) is 25.6 Å². The maximum absolute atomic E-state index is 12.0. The summed E-state index contributed by atoms with van der Waals surface area (Å²) in [6, 6.07) is 6.82. The van der Waals surface area contributed by atoms with Gasteiger partial charge in [0, 0.05) is 24.9 Å². The summed E-state index contributed by atoms with van der Waals surface area (Å²) >= 11 is 12.0. The van der Waals surface area contributed by atoms with Crippen LogP contribution in [0.4, 0.5) is 11.4 Å². The molecule has 0 spiro atoms. The van der Waals surface area contributed by atoms with Crippen molar-refractivity contribution in [2.45, 2.75) is 0 Å². The summed E-state index contributed by atoms with van der Waals surface area (Å²) in [6.07, 6.45) is 3.10. The molecular weight excluding hydrogens is 325 g/mol. The number of pyridine rings is 1. The molecule has 2 rings (SSSR count). The van der Waals surface area contributed by atoms with Gasteiger partial charge >= 0.3 is 0 Å². The third kappa shape index (κ3) is 4.59. The summed E-state index contributed by atoms with van der Waals surface area (Å²) in [5.41, 5.74) is 1.79. The van der Waals surface area contributed by atoms with Crippen molar-refractivity contribution in [3.8, 4) is 0 Å². The Bertz CT molecular complexity index is 665. The van der Waals surface area contributed by atoms with Crippen LogP contribution in [0, 0.1) is 0 Å². The van der Waals surface area contributed by atoms with Crippen LogP contribution in [-0.2, 0) is 4.74 Å². The Kier molecular flexibility index (Phi) is 6.00. The van der Waals surface area contributed by atoms with Gasteiger partial charge in [-0.25, -0.2) is 0 Å². The van der Waals surface area contributed by atoms with Crippen LogP contribution in [0.3, 0.4) is 0 Å². The molecule has 1 aromatic carbocycles. The summed E-state index contributed by atoms with van der Waals surface area (Å²) < 4.78 is 4.89. The maximum Gasteiger partial charge on any atom is 0.253 e. The fraction of sp³-hybridized carbons (Fsp3) is 0.200. The zero-order valence-corrected chi connectivity index (χ0v) is 13.4. The number of carbonyl (C=O) groups is 1. The summed E-state index contributed by atoms with van der Waals surface area (Å²) in [7, 11) is 1.58. The number of hydrogen-bond donors (Lipinski definition) is 2. The molecule has 0 saturated carbocycles. The molecule has 0 bridgehead atoms. The highest BCUT2D eigenvalue weighted by Crippen LogP contribution is 2.28. The van der Waals surface area contributed by atoms with Crippen molar-refractivity contribution in [1.29, 1.82) is 0 Å². The minimum Gasteiger partial charge on any atom is -0.383 e. The number of nitrogens with zero attached hydrogens (tertiary/aromatic N) is 1. The van der Waals surface area contributed by atoms with Crippen molar-refractivity contribution in [3.63, 3.8) is 0 Å². The molecular formula is C15H15Cl2N3O2. The van der Waals surface area contributed by atoms with Gasteiger partial charge in [0.25, 0.3) is 5.91 Å². The van der Waals surface area contributed by atoms with Crippen molar-refractivity contribution < 1.29 is 9.53 Å². The normalized spacial score (nSPS) is 10.3. The van der Waals surface area contributed by atoms with Crippen LogP contribution >= 0.6 is 23.2 Å². The Morgan fingerprint density at radius 1 is 1.27 bits per heavy atom. The number of aromatic nitrogens is 1. The topological polar surface area (TPSA) is 63.2 Å². The molecule has 0 unspecified atom stereocenters. The average Bonchev–Trinajstić information content (AvgIpc) is 2.50. The predicted molar refractivity (Wildman–Crippen MR) is 88.2 cm³/mol. The Morgan fingerprint density at radius 3 is 2.82 bits per heavy atom. The van der Waals surface area contributed by atoms with Gasteiger partial charge in [-0.05, 0) is 24.3 Å². The standard InChI is InChI=1S/C15H15Cl2N3O2/c1-22-5-4-19-15(21)10-6-12(9-18-8-10)20-14-3-2-11(16)7-13(14)17/h2-3,6-9,20H,4-5H2,1H3,(H,19,21). The van der Waals surface area contributed by atoms with Gasteiger partial charge in [-0.1, -0.05) is 23.2 Å². The van der Waals surface area contributed by atoms with Gasteiger partial charge in [0.05, 0.1) is 34.8 Å². The molecule has 0 aliphatic rings. The second-order valence-electron chi connectivity index (χ2n) is 4.46. The van der Waals surface area contributed by atoms with Gasteiger partial charge in [-0.15, -0.1) is 0 Å². The van der Waals surface area contributed by atoms with Gasteiger partial charge < -0.3 is 15.4 Å². The van der Waals surface area contributed by atoms with E-state index in [4.69, 9.17) is 27.9 Å². The summed E-state index contributed by atoms with van der Waals surface area (Å²) in [5, 5.41) is 6.88. The van der Waals surface area contributed by atoms with Crippen LogP contribution in [-0.4, -0.2) is 31.2 Å². The number of ether oxygens (including phenoxy) is 1. The number of nitrogens with one attached hydrogen (secondary N) is 2. The van der Waals surface area contributed by atoms with Crippen LogP contribution < -0.4 is 10.6 Å². The smallest absolute Gasteiger partial charge is 0.253 e. The number of amides is 1. The highest BCUT2D eigenvalue weighted by molar-refractivity contribution is 6.36. The van der Waals surface area contributed by atoms with E-state index in [0.29, 0.717) is 40.1 Å². The number of rotatable bonds is 6. The van der Waals surface area contributed by atoms with E-state index < -0.39 is 0 Å². The summed E-state index contributed by atoms with van der Waals surface area (Å²) in [4.78, 5) is 16.0. The molecule has 7 heteroatoms. The second-order valence-corrected chi connectivity index (χ2v) is 5.30. The van der Waals surface area contributed by atoms with E-state index in [9.17, 15) is 4.79 Å². The molecule has 0 radical (unpaired) electrons. The molecule has 22 heavy (non-hydrogen) atoms. The molecule has 116 valence electrons. The molecule has 0 aliphatic heterocycles. The van der Waals surface area contributed by atoms with E-state index in [1.165, 1.54) is 6.20 Å². The number of benzene rings is 1. The fourth-order valence-corrected chi connectivity index (χ4v) is 2.20. The first-order valence-corrected chi connectivity index (χ1v) is 7.30. The minimum absolute atomic E-state index is 0.213. The first kappa shape index (κ1) is 16.5. The van der Waals surface area contributed by atoms with E-state index in [1.54, 1.807) is 37.6 Å². The van der Waals surface area contributed by atoms with E-state index in [1.807, 2.05) is 0 Å². The third-order valence-electron chi connectivity index (χ3n) is 2.80. The van der Waals surface area contributed by atoms with Crippen LogP contribution in [0.15, 0.2) is 36.7 Å². The lowest BCUT2D eigenvalue weighted by Gasteiger charge is -2.10. The Balaban J connectivity index is 2.09. The first-order valence-electron chi connectivity index (χ1n) is 6.54. The third-order valence-corrected chi connectivity index (χ3v) is 3.35. The van der Waals surface area contributed by atoms with Crippen molar-refractivity contribution in [1.82, 2.24) is 10.3 Å². The first-order chi connectivity index (χ1) is 10.6. The van der Waals surface area contributed by atoms with Gasteiger partial charge in [-0.2, -0.15) is 0 Å². The number of methoxy groups -OCH3 is 1. The van der Waals surface area contributed by atoms with E-state index >= 15 is 0 Å². The lowest BCUT2D eigenvalue weighted by molar-refractivity contribution is 0.0937. The number of halogens is 2. The zero-order chi connectivity index (χ0) is 15.9. The highest BCUT2D eigenvalue weighted by atomic mass is 35.5. The average molecular weight is 340 g/mol. The number of anilines is 2. The SMILES string of the molecule is COCCNC(=O)c1cncc(Nc2ccc(Cl)cc2Cl)c1. The molecule has 0 fully saturated rings. The molecule has 0 saturated heterocycles. The largest absolute Gasteiger partial charge is 0.383 e. The molecule has 1 heterocycles. The molecule has 1 amide bonds. The predicted octanol–water partition coefficient (Wildman–Crippen LogP) is 3.51. The van der Waals surface area contributed by atoms with E-state index in [-0.39, 0.29) is 5.91 Å². The number of carbonyl (C=O) groups excluding carboxylic acids is 1. The Labute approximate surface area is 138 Å². The van der Waals surface area contributed by atoms with Crippen molar-refractivity contribution >= 4 is 40.5 Å². The van der Waals surface area contributed by atoms with Gasteiger partial charge in [0.1, 0.15) is 0 Å². The van der Waals surface area contributed by atoms with E-state index in [2.05, 4.69) is 15.6 Å². The van der Waals surface area contributed by atoms with Gasteiger partial charge in [-0.3, -0.25) is 9.78 Å². The summed E-state index contributed by atoms with van der Waals surface area (Å²) in [6.45, 7) is 0.896. The highest BCUT2D eigenvalue weighted by Gasteiger charge is 2.08. The molecule has 0 atom stereocenters. The lowest BCUT2D eigenvalue weighted by atomic mass is 10.2. The summed E-state index contributed by atoms with van der Waals surface area (Å²) in [5.74, 6) is -0.213. The molecule has 2 N–H and O–H groups in total. The molecule has 2 aromatic rings. The van der Waals surface area contributed by atoms with Gasteiger partial charge in [0.2, 0.25) is 0 Å².